The molecule has 0 bridgehead atoms. The van der Waals surface area contributed by atoms with Crippen LogP contribution in [0.3, 0.4) is 0 Å². The maximum absolute atomic E-state index is 12.1. The van der Waals surface area contributed by atoms with Gasteiger partial charge in [0, 0.05) is 6.42 Å². The average molecular weight is 254 g/mol. The van der Waals surface area contributed by atoms with Gasteiger partial charge in [0.25, 0.3) is 0 Å². The third-order valence-electron chi connectivity index (χ3n) is 4.39. The summed E-state index contributed by atoms with van der Waals surface area (Å²) in [7, 11) is 0. The molecule has 4 heteroatoms. The van der Waals surface area contributed by atoms with E-state index in [9.17, 15) is 9.90 Å². The first-order valence-corrected chi connectivity index (χ1v) is 7.37. The Bertz CT molecular complexity index is 269. The molecular weight excluding hydrogens is 228 g/mol. The molecule has 4 nitrogen and oxygen atoms in total. The Morgan fingerprint density at radius 2 is 2.06 bits per heavy atom. The molecule has 1 amide bonds. The first-order chi connectivity index (χ1) is 8.74. The van der Waals surface area contributed by atoms with Crippen molar-refractivity contribution in [3.05, 3.63) is 0 Å². The molecule has 0 spiro atoms. The van der Waals surface area contributed by atoms with Gasteiger partial charge in [0.2, 0.25) is 5.91 Å². The highest BCUT2D eigenvalue weighted by atomic mass is 16.3. The van der Waals surface area contributed by atoms with E-state index in [-0.39, 0.29) is 18.1 Å². The zero-order chi connectivity index (χ0) is 12.8. The second-order valence-electron chi connectivity index (χ2n) is 5.96. The van der Waals surface area contributed by atoms with Crippen LogP contribution < -0.4 is 10.6 Å². The lowest BCUT2D eigenvalue weighted by molar-refractivity contribution is -0.125. The summed E-state index contributed by atoms with van der Waals surface area (Å²) in [6.07, 6.45) is 8.24. The first-order valence-electron chi connectivity index (χ1n) is 7.37. The highest BCUT2D eigenvalue weighted by Crippen LogP contribution is 2.28. The summed E-state index contributed by atoms with van der Waals surface area (Å²) < 4.78 is 0. The van der Waals surface area contributed by atoms with Crippen molar-refractivity contribution < 1.29 is 9.90 Å². The van der Waals surface area contributed by atoms with Crippen molar-refractivity contribution in [2.24, 2.45) is 5.92 Å². The standard InChI is InChI=1S/C14H26N2O2/c17-11-14(6-2-1-3-7-14)16-13(18)9-12-5-4-8-15-10-12/h12,15,17H,1-11H2,(H,16,18). The minimum Gasteiger partial charge on any atom is -0.394 e. The number of aliphatic hydroxyl groups is 1. The zero-order valence-electron chi connectivity index (χ0n) is 11.2. The molecule has 1 aliphatic heterocycles. The minimum atomic E-state index is -0.322. The van der Waals surface area contributed by atoms with Crippen LogP contribution in [0.15, 0.2) is 0 Å². The van der Waals surface area contributed by atoms with E-state index in [4.69, 9.17) is 0 Å². The smallest absolute Gasteiger partial charge is 0.220 e. The van der Waals surface area contributed by atoms with E-state index in [1.165, 1.54) is 12.8 Å². The Labute approximate surface area is 110 Å². The molecule has 0 radical (unpaired) electrons. The molecule has 1 saturated heterocycles. The number of piperidine rings is 1. The molecule has 3 N–H and O–H groups in total. The first kappa shape index (κ1) is 13.8. The molecule has 1 unspecified atom stereocenters. The van der Waals surface area contributed by atoms with E-state index in [1.54, 1.807) is 0 Å². The van der Waals surface area contributed by atoms with Crippen LogP contribution in [0.2, 0.25) is 0 Å². The van der Waals surface area contributed by atoms with Crippen LogP contribution in [0, 0.1) is 5.92 Å². The van der Waals surface area contributed by atoms with Gasteiger partial charge in [-0.1, -0.05) is 19.3 Å². The molecule has 2 fully saturated rings. The van der Waals surface area contributed by atoms with Crippen molar-refractivity contribution >= 4 is 5.91 Å². The van der Waals surface area contributed by atoms with E-state index >= 15 is 0 Å². The molecule has 18 heavy (non-hydrogen) atoms. The maximum atomic E-state index is 12.1. The molecule has 0 aromatic carbocycles. The molecule has 1 saturated carbocycles. The van der Waals surface area contributed by atoms with E-state index in [2.05, 4.69) is 10.6 Å². The van der Waals surface area contributed by atoms with Crippen molar-refractivity contribution in [3.8, 4) is 0 Å². The lowest BCUT2D eigenvalue weighted by Gasteiger charge is -2.37. The van der Waals surface area contributed by atoms with Crippen LogP contribution in [0.5, 0.6) is 0 Å². The van der Waals surface area contributed by atoms with Crippen molar-refractivity contribution in [1.82, 2.24) is 10.6 Å². The van der Waals surface area contributed by atoms with Gasteiger partial charge in [-0.15, -0.1) is 0 Å². The van der Waals surface area contributed by atoms with Crippen LogP contribution >= 0.6 is 0 Å². The molecule has 2 aliphatic rings. The third-order valence-corrected chi connectivity index (χ3v) is 4.39. The molecule has 1 aliphatic carbocycles. The van der Waals surface area contributed by atoms with Crippen molar-refractivity contribution in [1.29, 1.82) is 0 Å². The summed E-state index contributed by atoms with van der Waals surface area (Å²) in [6, 6.07) is 0. The predicted octanol–water partition coefficient (Wildman–Crippen LogP) is 1.19. The van der Waals surface area contributed by atoms with Crippen LogP contribution in [-0.2, 0) is 4.79 Å². The van der Waals surface area contributed by atoms with E-state index < -0.39 is 0 Å². The number of aliphatic hydroxyl groups excluding tert-OH is 1. The van der Waals surface area contributed by atoms with Gasteiger partial charge in [0.05, 0.1) is 12.1 Å². The Kier molecular flexibility index (Phi) is 5.01. The van der Waals surface area contributed by atoms with Gasteiger partial charge >= 0.3 is 0 Å². The van der Waals surface area contributed by atoms with Gasteiger partial charge in [0.15, 0.2) is 0 Å². The Hall–Kier alpha value is -0.610. The fourth-order valence-electron chi connectivity index (χ4n) is 3.26. The van der Waals surface area contributed by atoms with Gasteiger partial charge in [0.1, 0.15) is 0 Å². The maximum Gasteiger partial charge on any atom is 0.220 e. The van der Waals surface area contributed by atoms with Crippen LogP contribution in [-0.4, -0.2) is 36.2 Å². The van der Waals surface area contributed by atoms with Crippen molar-refractivity contribution in [3.63, 3.8) is 0 Å². The van der Waals surface area contributed by atoms with Gasteiger partial charge in [-0.2, -0.15) is 0 Å². The number of amides is 1. The second kappa shape index (κ2) is 6.53. The predicted molar refractivity (Wildman–Crippen MR) is 71.3 cm³/mol. The third kappa shape index (κ3) is 3.69. The number of carbonyl (C=O) groups is 1. The molecule has 104 valence electrons. The van der Waals surface area contributed by atoms with Gasteiger partial charge in [-0.05, 0) is 44.7 Å². The van der Waals surface area contributed by atoms with Crippen molar-refractivity contribution in [2.45, 2.75) is 56.9 Å². The molecule has 0 aromatic rings. The zero-order valence-corrected chi connectivity index (χ0v) is 11.2. The summed E-state index contributed by atoms with van der Waals surface area (Å²) in [6.45, 7) is 2.12. The van der Waals surface area contributed by atoms with Gasteiger partial charge < -0.3 is 15.7 Å². The highest BCUT2D eigenvalue weighted by molar-refractivity contribution is 5.77. The molecule has 2 rings (SSSR count). The quantitative estimate of drug-likeness (QED) is 0.706. The highest BCUT2D eigenvalue weighted by Gasteiger charge is 2.33. The van der Waals surface area contributed by atoms with E-state index in [0.29, 0.717) is 12.3 Å². The summed E-state index contributed by atoms with van der Waals surface area (Å²) in [5, 5.41) is 16.0. The number of nitrogens with one attached hydrogen (secondary N) is 2. The average Bonchev–Trinajstić information content (AvgIpc) is 2.41. The molecule has 1 heterocycles. The minimum absolute atomic E-state index is 0.0850. The van der Waals surface area contributed by atoms with Gasteiger partial charge in [-0.3, -0.25) is 4.79 Å². The largest absolute Gasteiger partial charge is 0.394 e. The Morgan fingerprint density at radius 3 is 2.67 bits per heavy atom. The van der Waals surface area contributed by atoms with E-state index in [1.807, 2.05) is 0 Å². The molecule has 0 aromatic heterocycles. The number of carbonyl (C=O) groups excluding carboxylic acids is 1. The summed E-state index contributed by atoms with van der Waals surface area (Å²) in [5.74, 6) is 0.595. The Balaban J connectivity index is 1.81. The van der Waals surface area contributed by atoms with E-state index in [0.717, 1.165) is 45.2 Å². The van der Waals surface area contributed by atoms with Crippen LogP contribution in [0.25, 0.3) is 0 Å². The topological polar surface area (TPSA) is 61.4 Å². The lowest BCUT2D eigenvalue weighted by atomic mass is 9.82. The second-order valence-corrected chi connectivity index (χ2v) is 5.96. The summed E-state index contributed by atoms with van der Waals surface area (Å²) >= 11 is 0. The van der Waals surface area contributed by atoms with Gasteiger partial charge in [-0.25, -0.2) is 0 Å². The molecule has 1 atom stereocenters. The number of hydrogen-bond acceptors (Lipinski definition) is 3. The summed E-state index contributed by atoms with van der Waals surface area (Å²) in [5.41, 5.74) is -0.322. The monoisotopic (exact) mass is 254 g/mol. The fraction of sp³-hybridized carbons (Fsp3) is 0.929. The number of hydrogen-bond donors (Lipinski definition) is 3. The normalized spacial score (nSPS) is 27.7. The summed E-state index contributed by atoms with van der Waals surface area (Å²) in [4.78, 5) is 12.1. The lowest BCUT2D eigenvalue weighted by Crippen LogP contribution is -2.53. The molecular formula is C14H26N2O2. The van der Waals surface area contributed by atoms with Crippen LogP contribution in [0.4, 0.5) is 0 Å². The van der Waals surface area contributed by atoms with Crippen molar-refractivity contribution in [2.75, 3.05) is 19.7 Å². The number of rotatable bonds is 4. The fourth-order valence-corrected chi connectivity index (χ4v) is 3.26. The van der Waals surface area contributed by atoms with Crippen LogP contribution in [0.1, 0.15) is 51.4 Å². The SMILES string of the molecule is O=C(CC1CCCNC1)NC1(CO)CCCCC1. The Morgan fingerprint density at radius 1 is 1.28 bits per heavy atom.